The Balaban J connectivity index is 0.00000115. The van der Waals surface area contributed by atoms with E-state index in [0.717, 1.165) is 54.7 Å². The van der Waals surface area contributed by atoms with Crippen LogP contribution in [0.4, 0.5) is 0 Å². The highest BCUT2D eigenvalue weighted by Crippen LogP contribution is 2.60. The summed E-state index contributed by atoms with van der Waals surface area (Å²) in [5.41, 5.74) is 4.82. The second kappa shape index (κ2) is 14.1. The van der Waals surface area contributed by atoms with Gasteiger partial charge in [-0.1, -0.05) is 32.1 Å². The quantitative estimate of drug-likeness (QED) is 0.268. The SMILES string of the molecule is C.C.C#C.C#C.COc1cc2c(cc1O)/C(=N/OCc1ccncc1)C[C@@H]1C2CC[C@]2(C)/C(=N/O)CCC12. The third kappa shape index (κ3) is 5.78. The van der Waals surface area contributed by atoms with Crippen LogP contribution in [0.1, 0.15) is 76.5 Å². The fourth-order valence-corrected chi connectivity index (χ4v) is 6.30. The Morgan fingerprint density at radius 2 is 1.79 bits per heavy atom. The first kappa shape index (κ1) is 32.1. The predicted octanol–water partition coefficient (Wildman–Crippen LogP) is 6.63. The number of aromatic hydroxyl groups is 1. The minimum atomic E-state index is -0.0720. The molecule has 0 radical (unpaired) electrons. The van der Waals surface area contributed by atoms with Crippen molar-refractivity contribution in [2.75, 3.05) is 7.11 Å². The monoisotopic (exact) mass is 519 g/mol. The molecule has 2 N–H and O–H groups in total. The normalized spacial score (nSPS) is 26.3. The molecule has 1 aromatic heterocycles. The molecule has 204 valence electrons. The van der Waals surface area contributed by atoms with Crippen LogP contribution in [0.15, 0.2) is 47.0 Å². The molecule has 1 heterocycles. The van der Waals surface area contributed by atoms with Crippen LogP contribution in [0.5, 0.6) is 11.5 Å². The molecule has 3 aliphatic rings. The van der Waals surface area contributed by atoms with Crippen LogP contribution in [-0.2, 0) is 11.4 Å². The molecule has 2 fully saturated rings. The molecular formula is C31H41N3O4. The van der Waals surface area contributed by atoms with E-state index in [1.54, 1.807) is 25.6 Å². The molecule has 0 saturated heterocycles. The largest absolute Gasteiger partial charge is 0.504 e. The van der Waals surface area contributed by atoms with Gasteiger partial charge in [-0.2, -0.15) is 0 Å². The maximum atomic E-state index is 10.5. The lowest BCUT2D eigenvalue weighted by Gasteiger charge is -2.48. The number of terminal acetylenes is 2. The molecule has 5 rings (SSSR count). The zero-order chi connectivity index (χ0) is 26.3. The maximum absolute atomic E-state index is 10.5. The summed E-state index contributed by atoms with van der Waals surface area (Å²) in [6.45, 7) is 2.61. The van der Waals surface area contributed by atoms with E-state index in [0.29, 0.717) is 30.1 Å². The van der Waals surface area contributed by atoms with Gasteiger partial charge in [0.1, 0.15) is 6.61 Å². The summed E-state index contributed by atoms with van der Waals surface area (Å²) in [6.07, 6.45) is 24.1. The number of oxime groups is 2. The first-order valence-corrected chi connectivity index (χ1v) is 11.9. The van der Waals surface area contributed by atoms with Gasteiger partial charge in [-0.15, -0.1) is 25.7 Å². The van der Waals surface area contributed by atoms with Gasteiger partial charge in [0.15, 0.2) is 11.5 Å². The van der Waals surface area contributed by atoms with Crippen molar-refractivity contribution in [2.45, 2.75) is 66.4 Å². The first-order valence-electron chi connectivity index (χ1n) is 11.9. The van der Waals surface area contributed by atoms with Crippen molar-refractivity contribution in [1.29, 1.82) is 0 Å². The fourth-order valence-electron chi connectivity index (χ4n) is 6.30. The number of benzene rings is 1. The van der Waals surface area contributed by atoms with Crippen LogP contribution in [0.2, 0.25) is 0 Å². The van der Waals surface area contributed by atoms with Gasteiger partial charge in [0.05, 0.1) is 18.5 Å². The van der Waals surface area contributed by atoms with Gasteiger partial charge in [0, 0.05) is 23.4 Å². The van der Waals surface area contributed by atoms with Crippen molar-refractivity contribution >= 4 is 11.4 Å². The zero-order valence-electron chi connectivity index (χ0n) is 20.8. The second-order valence-electron chi connectivity index (χ2n) is 9.40. The number of pyridine rings is 1. The van der Waals surface area contributed by atoms with E-state index in [9.17, 15) is 10.3 Å². The smallest absolute Gasteiger partial charge is 0.160 e. The number of fused-ring (bicyclic) bond motifs is 5. The third-order valence-corrected chi connectivity index (χ3v) is 7.94. The van der Waals surface area contributed by atoms with Gasteiger partial charge >= 0.3 is 0 Å². The van der Waals surface area contributed by atoms with E-state index >= 15 is 0 Å². The lowest BCUT2D eigenvalue weighted by Crippen LogP contribution is -2.43. The minimum Gasteiger partial charge on any atom is -0.504 e. The minimum absolute atomic E-state index is 0. The van der Waals surface area contributed by atoms with Gasteiger partial charge in [0.25, 0.3) is 0 Å². The van der Waals surface area contributed by atoms with Crippen molar-refractivity contribution in [3.05, 3.63) is 53.3 Å². The Kier molecular flexibility index (Phi) is 11.9. The van der Waals surface area contributed by atoms with Crippen molar-refractivity contribution in [2.24, 2.45) is 27.6 Å². The number of hydrogen-bond donors (Lipinski definition) is 2. The number of phenolic OH excluding ortho intramolecular Hbond substituents is 1. The van der Waals surface area contributed by atoms with Crippen LogP contribution in [0.3, 0.4) is 0 Å². The molecule has 0 amide bonds. The Morgan fingerprint density at radius 1 is 1.11 bits per heavy atom. The number of phenols is 1. The van der Waals surface area contributed by atoms with Crippen molar-refractivity contribution < 1.29 is 19.9 Å². The van der Waals surface area contributed by atoms with Crippen LogP contribution in [-0.4, -0.2) is 33.8 Å². The molecule has 38 heavy (non-hydrogen) atoms. The van der Waals surface area contributed by atoms with E-state index in [1.165, 1.54) is 5.56 Å². The Bertz CT molecular complexity index is 1150. The van der Waals surface area contributed by atoms with Gasteiger partial charge in [0.2, 0.25) is 0 Å². The number of aromatic nitrogens is 1. The topological polar surface area (TPSA) is 96.5 Å². The van der Waals surface area contributed by atoms with Gasteiger partial charge in [-0.05, 0) is 85.3 Å². The van der Waals surface area contributed by atoms with E-state index in [2.05, 4.69) is 47.9 Å². The molecule has 1 aromatic carbocycles. The highest BCUT2D eigenvalue weighted by molar-refractivity contribution is 6.04. The molecular weight excluding hydrogens is 478 g/mol. The van der Waals surface area contributed by atoms with Crippen LogP contribution < -0.4 is 4.74 Å². The van der Waals surface area contributed by atoms with E-state index < -0.39 is 0 Å². The standard InChI is InChI=1S/C25H29N3O4.2C2H2.2CH4/c1-25-8-5-16-17-13-23(31-2)22(29)12-19(17)21(28-32-14-15-6-9-26-10-7-15)11-18(16)20(25)3-4-24(25)27-30;2*1-2;;/h6-7,9-10,12-13,16,18,20,29-30H,3-5,8,11,14H2,1-2H3;2*1-2H;2*1H4/b27-24+,28-21+;;;;/t16?,18-,20?,25+;;;;/m1..../s1. The van der Waals surface area contributed by atoms with Gasteiger partial charge in [-0.3, -0.25) is 4.98 Å². The van der Waals surface area contributed by atoms with Crippen LogP contribution in [0.25, 0.3) is 0 Å². The Labute approximate surface area is 228 Å². The number of methoxy groups -OCH3 is 1. The molecule has 3 aliphatic carbocycles. The summed E-state index contributed by atoms with van der Waals surface area (Å²) in [5.74, 6) is 1.75. The first-order chi connectivity index (χ1) is 17.5. The number of nitrogens with zero attached hydrogens (tertiary/aromatic N) is 3. The summed E-state index contributed by atoms with van der Waals surface area (Å²) in [7, 11) is 1.58. The van der Waals surface area contributed by atoms with Crippen LogP contribution in [0, 0.1) is 42.9 Å². The average molecular weight is 520 g/mol. The summed E-state index contributed by atoms with van der Waals surface area (Å²) in [4.78, 5) is 9.79. The Morgan fingerprint density at radius 3 is 2.42 bits per heavy atom. The molecule has 7 heteroatoms. The molecule has 4 atom stereocenters. The predicted molar refractivity (Wildman–Crippen MR) is 154 cm³/mol. The van der Waals surface area contributed by atoms with Gasteiger partial charge in [-0.25, -0.2) is 0 Å². The molecule has 2 saturated carbocycles. The summed E-state index contributed by atoms with van der Waals surface area (Å²) < 4.78 is 5.43. The highest BCUT2D eigenvalue weighted by atomic mass is 16.6. The molecule has 0 bridgehead atoms. The number of ether oxygens (including phenoxy) is 1. The molecule has 7 nitrogen and oxygen atoms in total. The van der Waals surface area contributed by atoms with Gasteiger partial charge < -0.3 is 19.9 Å². The summed E-state index contributed by atoms with van der Waals surface area (Å²) in [5, 5.41) is 28.3. The van der Waals surface area contributed by atoms with E-state index in [1.807, 2.05) is 18.2 Å². The summed E-state index contributed by atoms with van der Waals surface area (Å²) in [6, 6.07) is 7.55. The fraction of sp³-hybridized carbons (Fsp3) is 0.452. The summed E-state index contributed by atoms with van der Waals surface area (Å²) >= 11 is 0. The van der Waals surface area contributed by atoms with Crippen LogP contribution >= 0.6 is 0 Å². The number of rotatable bonds is 4. The van der Waals surface area contributed by atoms with E-state index in [-0.39, 0.29) is 26.0 Å². The molecule has 0 spiro atoms. The second-order valence-corrected chi connectivity index (χ2v) is 9.40. The average Bonchev–Trinajstić information content (AvgIpc) is 3.27. The number of hydrogen-bond acceptors (Lipinski definition) is 7. The van der Waals surface area contributed by atoms with Crippen molar-refractivity contribution in [3.8, 4) is 37.2 Å². The zero-order valence-corrected chi connectivity index (χ0v) is 20.8. The molecule has 2 unspecified atom stereocenters. The van der Waals surface area contributed by atoms with E-state index in [4.69, 9.17) is 9.57 Å². The lowest BCUT2D eigenvalue weighted by molar-refractivity contribution is 0.103. The van der Waals surface area contributed by atoms with Crippen molar-refractivity contribution in [3.63, 3.8) is 0 Å². The molecule has 0 aliphatic heterocycles. The molecule has 2 aromatic rings. The Hall–Kier alpha value is -3.97. The maximum Gasteiger partial charge on any atom is 0.160 e. The van der Waals surface area contributed by atoms with Crippen molar-refractivity contribution in [1.82, 2.24) is 4.98 Å². The highest BCUT2D eigenvalue weighted by Gasteiger charge is 2.54. The lowest BCUT2D eigenvalue weighted by atomic mass is 9.55. The third-order valence-electron chi connectivity index (χ3n) is 7.94.